The predicted molar refractivity (Wildman–Crippen MR) is 65.8 cm³/mol. The highest BCUT2D eigenvalue weighted by Crippen LogP contribution is 2.17. The van der Waals surface area contributed by atoms with Crippen LogP contribution in [0.2, 0.25) is 0 Å². The molecule has 3 nitrogen and oxygen atoms in total. The van der Waals surface area contributed by atoms with Crippen molar-refractivity contribution in [1.29, 1.82) is 0 Å². The van der Waals surface area contributed by atoms with Gasteiger partial charge in [0.15, 0.2) is 0 Å². The Hall–Kier alpha value is -1.61. The first-order valence-corrected chi connectivity index (χ1v) is 5.53. The molecule has 0 saturated heterocycles. The molecule has 0 aliphatic rings. The summed E-state index contributed by atoms with van der Waals surface area (Å²) in [4.78, 5) is 0. The van der Waals surface area contributed by atoms with Crippen molar-refractivity contribution in [3.8, 4) is 5.69 Å². The fraction of sp³-hybridized carbons (Fsp3) is 0.308. The zero-order valence-corrected chi connectivity index (χ0v) is 9.72. The number of hydrogen-bond donors (Lipinski definition) is 1. The zero-order chi connectivity index (χ0) is 11.5. The minimum Gasteiger partial charge on any atom is -0.330 e. The van der Waals surface area contributed by atoms with Crippen LogP contribution in [-0.2, 0) is 0 Å². The third-order valence-corrected chi connectivity index (χ3v) is 2.89. The van der Waals surface area contributed by atoms with Gasteiger partial charge in [-0.25, -0.2) is 4.68 Å². The molecule has 1 aromatic carbocycles. The average Bonchev–Trinajstić information content (AvgIpc) is 2.75. The van der Waals surface area contributed by atoms with Crippen LogP contribution in [0.4, 0.5) is 0 Å². The van der Waals surface area contributed by atoms with E-state index in [1.165, 1.54) is 5.56 Å². The molecule has 1 aromatic heterocycles. The summed E-state index contributed by atoms with van der Waals surface area (Å²) in [5, 5.41) is 4.27. The van der Waals surface area contributed by atoms with Crippen molar-refractivity contribution in [2.24, 2.45) is 5.73 Å². The minimum atomic E-state index is 0.410. The molecule has 1 heterocycles. The second-order valence-electron chi connectivity index (χ2n) is 4.11. The van der Waals surface area contributed by atoms with E-state index >= 15 is 0 Å². The van der Waals surface area contributed by atoms with Crippen molar-refractivity contribution >= 4 is 0 Å². The average molecular weight is 215 g/mol. The molecule has 1 unspecified atom stereocenters. The highest BCUT2D eigenvalue weighted by molar-refractivity contribution is 5.36. The summed E-state index contributed by atoms with van der Waals surface area (Å²) in [5.41, 5.74) is 9.15. The third kappa shape index (κ3) is 1.99. The Bertz CT molecular complexity index is 456. The fourth-order valence-corrected chi connectivity index (χ4v) is 1.72. The number of aromatic nitrogens is 2. The first-order chi connectivity index (χ1) is 7.72. The van der Waals surface area contributed by atoms with Crippen molar-refractivity contribution in [3.63, 3.8) is 0 Å². The first kappa shape index (κ1) is 10.9. The molecule has 2 rings (SSSR count). The Balaban J connectivity index is 2.30. The highest BCUT2D eigenvalue weighted by Gasteiger charge is 2.04. The van der Waals surface area contributed by atoms with Crippen LogP contribution in [0.25, 0.3) is 5.69 Å². The van der Waals surface area contributed by atoms with Gasteiger partial charge in [0.1, 0.15) is 0 Å². The molecule has 0 amide bonds. The SMILES string of the molecule is Cc1ccnn1-c1ccc(C(C)CN)cc1. The first-order valence-electron chi connectivity index (χ1n) is 5.53. The summed E-state index contributed by atoms with van der Waals surface area (Å²) in [6.07, 6.45) is 1.81. The van der Waals surface area contributed by atoms with Crippen molar-refractivity contribution in [1.82, 2.24) is 9.78 Å². The van der Waals surface area contributed by atoms with E-state index in [4.69, 9.17) is 5.73 Å². The Morgan fingerprint density at radius 1 is 1.25 bits per heavy atom. The lowest BCUT2D eigenvalue weighted by molar-refractivity contribution is 0.771. The van der Waals surface area contributed by atoms with Crippen LogP contribution >= 0.6 is 0 Å². The molecule has 2 N–H and O–H groups in total. The number of aryl methyl sites for hydroxylation is 1. The Morgan fingerprint density at radius 2 is 1.94 bits per heavy atom. The van der Waals surface area contributed by atoms with E-state index in [0.29, 0.717) is 12.5 Å². The summed E-state index contributed by atoms with van der Waals surface area (Å²) < 4.78 is 1.93. The maximum absolute atomic E-state index is 5.64. The van der Waals surface area contributed by atoms with Gasteiger partial charge < -0.3 is 5.73 Å². The number of rotatable bonds is 3. The second-order valence-corrected chi connectivity index (χ2v) is 4.11. The Labute approximate surface area is 95.9 Å². The van der Waals surface area contributed by atoms with Gasteiger partial charge in [0.25, 0.3) is 0 Å². The van der Waals surface area contributed by atoms with Crippen LogP contribution in [0.3, 0.4) is 0 Å². The lowest BCUT2D eigenvalue weighted by atomic mass is 10.0. The fourth-order valence-electron chi connectivity index (χ4n) is 1.72. The van der Waals surface area contributed by atoms with Crippen LogP contribution in [0.5, 0.6) is 0 Å². The predicted octanol–water partition coefficient (Wildman–Crippen LogP) is 2.24. The van der Waals surface area contributed by atoms with Gasteiger partial charge in [0.2, 0.25) is 0 Å². The normalized spacial score (nSPS) is 12.7. The summed E-state index contributed by atoms with van der Waals surface area (Å²) in [6, 6.07) is 10.4. The Kier molecular flexibility index (Phi) is 3.06. The molecule has 0 radical (unpaired) electrons. The van der Waals surface area contributed by atoms with Crippen LogP contribution < -0.4 is 5.73 Å². The van der Waals surface area contributed by atoms with Gasteiger partial charge >= 0.3 is 0 Å². The molecule has 0 fully saturated rings. The quantitative estimate of drug-likeness (QED) is 0.853. The van der Waals surface area contributed by atoms with E-state index < -0.39 is 0 Å². The van der Waals surface area contributed by atoms with E-state index in [0.717, 1.165) is 11.4 Å². The van der Waals surface area contributed by atoms with Crippen LogP contribution in [0.15, 0.2) is 36.5 Å². The standard InChI is InChI=1S/C13H17N3/c1-10(9-14)12-3-5-13(6-4-12)16-11(2)7-8-15-16/h3-8,10H,9,14H2,1-2H3. The van der Waals surface area contributed by atoms with Gasteiger partial charge in [-0.05, 0) is 43.1 Å². The summed E-state index contributed by atoms with van der Waals surface area (Å²) >= 11 is 0. The number of nitrogens with zero attached hydrogens (tertiary/aromatic N) is 2. The van der Waals surface area contributed by atoms with Crippen molar-refractivity contribution in [3.05, 3.63) is 47.8 Å². The molecule has 0 aliphatic carbocycles. The van der Waals surface area contributed by atoms with Crippen molar-refractivity contribution in [2.45, 2.75) is 19.8 Å². The summed E-state index contributed by atoms with van der Waals surface area (Å²) in [5.74, 6) is 0.410. The summed E-state index contributed by atoms with van der Waals surface area (Å²) in [7, 11) is 0. The minimum absolute atomic E-state index is 0.410. The lowest BCUT2D eigenvalue weighted by Gasteiger charge is -2.10. The zero-order valence-electron chi connectivity index (χ0n) is 9.72. The van der Waals surface area contributed by atoms with Crippen molar-refractivity contribution in [2.75, 3.05) is 6.54 Å². The molecule has 1 atom stereocenters. The molecule has 3 heteroatoms. The van der Waals surface area contributed by atoms with Crippen LogP contribution in [0.1, 0.15) is 24.1 Å². The van der Waals surface area contributed by atoms with Gasteiger partial charge in [0.05, 0.1) is 5.69 Å². The van der Waals surface area contributed by atoms with E-state index in [2.05, 4.69) is 36.3 Å². The number of nitrogens with two attached hydrogens (primary N) is 1. The molecule has 2 aromatic rings. The molecule has 0 aliphatic heterocycles. The third-order valence-electron chi connectivity index (χ3n) is 2.89. The van der Waals surface area contributed by atoms with Crippen LogP contribution in [0, 0.1) is 6.92 Å². The van der Waals surface area contributed by atoms with Crippen LogP contribution in [-0.4, -0.2) is 16.3 Å². The molecule has 0 spiro atoms. The van der Waals surface area contributed by atoms with Gasteiger partial charge in [0, 0.05) is 11.9 Å². The molecule has 16 heavy (non-hydrogen) atoms. The smallest absolute Gasteiger partial charge is 0.0648 e. The van der Waals surface area contributed by atoms with Gasteiger partial charge in [-0.1, -0.05) is 19.1 Å². The number of benzene rings is 1. The topological polar surface area (TPSA) is 43.8 Å². The molecular formula is C13H17N3. The van der Waals surface area contributed by atoms with E-state index in [1.54, 1.807) is 0 Å². The highest BCUT2D eigenvalue weighted by atomic mass is 15.3. The monoisotopic (exact) mass is 215 g/mol. The number of hydrogen-bond acceptors (Lipinski definition) is 2. The van der Waals surface area contributed by atoms with E-state index in [-0.39, 0.29) is 0 Å². The maximum atomic E-state index is 5.64. The second kappa shape index (κ2) is 4.49. The van der Waals surface area contributed by atoms with Crippen molar-refractivity contribution < 1.29 is 0 Å². The molecular weight excluding hydrogens is 198 g/mol. The molecule has 84 valence electrons. The molecule has 0 saturated carbocycles. The lowest BCUT2D eigenvalue weighted by Crippen LogP contribution is -2.09. The van der Waals surface area contributed by atoms with Gasteiger partial charge in [-0.2, -0.15) is 5.10 Å². The van der Waals surface area contributed by atoms with E-state index in [9.17, 15) is 0 Å². The van der Waals surface area contributed by atoms with E-state index in [1.807, 2.05) is 23.9 Å². The van der Waals surface area contributed by atoms with Gasteiger partial charge in [-0.15, -0.1) is 0 Å². The molecule has 0 bridgehead atoms. The largest absolute Gasteiger partial charge is 0.330 e. The Morgan fingerprint density at radius 3 is 2.44 bits per heavy atom. The van der Waals surface area contributed by atoms with Gasteiger partial charge in [-0.3, -0.25) is 0 Å². The summed E-state index contributed by atoms with van der Waals surface area (Å²) in [6.45, 7) is 4.86. The maximum Gasteiger partial charge on any atom is 0.0648 e.